The predicted octanol–water partition coefficient (Wildman–Crippen LogP) is 1.21. The minimum Gasteiger partial charge on any atom is -0.349 e. The first-order chi connectivity index (χ1) is 12.8. The third kappa shape index (κ3) is 6.67. The van der Waals surface area contributed by atoms with Gasteiger partial charge in [-0.2, -0.15) is 0 Å². The van der Waals surface area contributed by atoms with Crippen LogP contribution in [0.5, 0.6) is 0 Å². The highest BCUT2D eigenvalue weighted by atomic mass is 16.2. The normalized spacial score (nSPS) is 16.5. The lowest BCUT2D eigenvalue weighted by Crippen LogP contribution is -2.57. The van der Waals surface area contributed by atoms with Gasteiger partial charge in [-0.3, -0.25) is 4.79 Å². The molecule has 1 fully saturated rings. The van der Waals surface area contributed by atoms with E-state index >= 15 is 0 Å². The molecule has 0 aromatic heterocycles. The smallest absolute Gasteiger partial charge is 0.318 e. The minimum atomic E-state index is -0.721. The first-order valence-corrected chi connectivity index (χ1v) is 9.41. The number of nitrogens with two attached hydrogens (primary N) is 1. The monoisotopic (exact) mass is 374 g/mol. The highest BCUT2D eigenvalue weighted by Crippen LogP contribution is 2.11. The number of rotatable bonds is 7. The molecular weight excluding hydrogens is 344 g/mol. The molecule has 1 aliphatic rings. The van der Waals surface area contributed by atoms with Gasteiger partial charge in [-0.25, -0.2) is 4.79 Å². The Morgan fingerprint density at radius 2 is 1.89 bits per heavy atom. The second-order valence-electron chi connectivity index (χ2n) is 7.76. The third-order valence-corrected chi connectivity index (χ3v) is 4.78. The molecule has 0 aliphatic carbocycles. The Morgan fingerprint density at radius 3 is 2.48 bits per heavy atom. The Balaban J connectivity index is 2.07. The van der Waals surface area contributed by atoms with Crippen LogP contribution >= 0.6 is 0 Å². The predicted molar refractivity (Wildman–Crippen MR) is 104 cm³/mol. The molecule has 1 saturated heterocycles. The van der Waals surface area contributed by atoms with Crippen molar-refractivity contribution in [3.63, 3.8) is 0 Å². The summed E-state index contributed by atoms with van der Waals surface area (Å²) in [4.78, 5) is 38.0. The number of nitrogens with zero attached hydrogens (tertiary/aromatic N) is 1. The largest absolute Gasteiger partial charge is 0.349 e. The maximum Gasteiger partial charge on any atom is 0.318 e. The standard InChI is InChI=1S/C20H30N4O3/c1-20(2,10-13-25)23-18(26)17(14-15-6-4-3-5-7-15)22-19(27)24-11-8-16(21)9-12-24/h3-7,13,16-17H,8-12,14,21H2,1-2H3,(H,22,27)(H,23,26)/t17-/m0/s1. The molecule has 0 spiro atoms. The van der Waals surface area contributed by atoms with Crippen molar-refractivity contribution < 1.29 is 14.4 Å². The van der Waals surface area contributed by atoms with Crippen molar-refractivity contribution in [1.29, 1.82) is 0 Å². The second kappa shape index (κ2) is 9.50. The quantitative estimate of drug-likeness (QED) is 0.624. The summed E-state index contributed by atoms with van der Waals surface area (Å²) in [5, 5.41) is 5.73. The fourth-order valence-electron chi connectivity index (χ4n) is 3.08. The Labute approximate surface area is 160 Å². The molecule has 0 saturated carbocycles. The zero-order valence-electron chi connectivity index (χ0n) is 16.1. The molecular formula is C20H30N4O3. The maximum atomic E-state index is 12.8. The molecule has 27 heavy (non-hydrogen) atoms. The summed E-state index contributed by atoms with van der Waals surface area (Å²) >= 11 is 0. The Kier molecular flexibility index (Phi) is 7.36. The summed E-state index contributed by atoms with van der Waals surface area (Å²) in [5.74, 6) is -0.298. The molecule has 1 aromatic rings. The van der Waals surface area contributed by atoms with E-state index in [9.17, 15) is 14.4 Å². The van der Waals surface area contributed by atoms with Gasteiger partial charge in [0.2, 0.25) is 5.91 Å². The summed E-state index contributed by atoms with van der Waals surface area (Å²) in [5.41, 5.74) is 6.18. The molecule has 0 radical (unpaired) electrons. The number of amides is 3. The zero-order valence-corrected chi connectivity index (χ0v) is 16.1. The van der Waals surface area contributed by atoms with Crippen LogP contribution in [-0.2, 0) is 16.0 Å². The molecule has 1 atom stereocenters. The molecule has 4 N–H and O–H groups in total. The van der Waals surface area contributed by atoms with Crippen molar-refractivity contribution >= 4 is 18.2 Å². The van der Waals surface area contributed by atoms with E-state index in [1.807, 2.05) is 30.3 Å². The van der Waals surface area contributed by atoms with Crippen LogP contribution in [0.1, 0.15) is 38.7 Å². The Bertz CT molecular complexity index is 640. The van der Waals surface area contributed by atoms with Crippen molar-refractivity contribution in [1.82, 2.24) is 15.5 Å². The number of hydrogen-bond donors (Lipinski definition) is 3. The van der Waals surface area contributed by atoms with E-state index in [4.69, 9.17) is 5.73 Å². The van der Waals surface area contributed by atoms with Gasteiger partial charge in [0, 0.05) is 37.5 Å². The molecule has 7 nitrogen and oxygen atoms in total. The fraction of sp³-hybridized carbons (Fsp3) is 0.550. The van der Waals surface area contributed by atoms with Gasteiger partial charge in [0.25, 0.3) is 0 Å². The molecule has 148 valence electrons. The first-order valence-electron chi connectivity index (χ1n) is 9.41. The van der Waals surface area contributed by atoms with Crippen molar-refractivity contribution in [2.75, 3.05) is 13.1 Å². The average Bonchev–Trinajstić information content (AvgIpc) is 2.62. The van der Waals surface area contributed by atoms with Gasteiger partial charge in [-0.1, -0.05) is 30.3 Å². The van der Waals surface area contributed by atoms with Crippen LogP contribution in [0.25, 0.3) is 0 Å². The number of likely N-dealkylation sites (tertiary alicyclic amines) is 1. The highest BCUT2D eigenvalue weighted by Gasteiger charge is 2.29. The van der Waals surface area contributed by atoms with Crippen LogP contribution in [0.4, 0.5) is 4.79 Å². The van der Waals surface area contributed by atoms with Crippen LogP contribution in [0.15, 0.2) is 30.3 Å². The van der Waals surface area contributed by atoms with Crippen LogP contribution in [0.2, 0.25) is 0 Å². The number of urea groups is 1. The van der Waals surface area contributed by atoms with E-state index in [0.29, 0.717) is 19.5 Å². The Hall–Kier alpha value is -2.41. The van der Waals surface area contributed by atoms with Crippen molar-refractivity contribution in [3.05, 3.63) is 35.9 Å². The van der Waals surface area contributed by atoms with E-state index in [1.165, 1.54) is 0 Å². The summed E-state index contributed by atoms with van der Waals surface area (Å²) in [6.07, 6.45) is 2.88. The van der Waals surface area contributed by atoms with Crippen LogP contribution in [0, 0.1) is 0 Å². The SMILES string of the molecule is CC(C)(CC=O)NC(=O)[C@H](Cc1ccccc1)NC(=O)N1CCC(N)CC1. The number of benzene rings is 1. The maximum absolute atomic E-state index is 12.8. The number of carbonyl (C=O) groups excluding carboxylic acids is 3. The van der Waals surface area contributed by atoms with Gasteiger partial charge in [0.15, 0.2) is 0 Å². The van der Waals surface area contributed by atoms with Gasteiger partial charge in [-0.15, -0.1) is 0 Å². The molecule has 0 unspecified atom stereocenters. The van der Waals surface area contributed by atoms with E-state index in [2.05, 4.69) is 10.6 Å². The lowest BCUT2D eigenvalue weighted by Gasteiger charge is -2.32. The van der Waals surface area contributed by atoms with Crippen molar-refractivity contribution in [2.45, 2.75) is 57.2 Å². The van der Waals surface area contributed by atoms with Crippen LogP contribution in [-0.4, -0.2) is 53.8 Å². The molecule has 1 heterocycles. The van der Waals surface area contributed by atoms with Gasteiger partial charge in [-0.05, 0) is 32.3 Å². The number of nitrogens with one attached hydrogen (secondary N) is 2. The van der Waals surface area contributed by atoms with E-state index in [-0.39, 0.29) is 24.4 Å². The fourth-order valence-corrected chi connectivity index (χ4v) is 3.08. The summed E-state index contributed by atoms with van der Waals surface area (Å²) in [7, 11) is 0. The molecule has 7 heteroatoms. The topological polar surface area (TPSA) is 105 Å². The highest BCUT2D eigenvalue weighted by molar-refractivity contribution is 5.88. The van der Waals surface area contributed by atoms with Gasteiger partial charge in [0.05, 0.1) is 0 Å². The molecule has 0 bridgehead atoms. The van der Waals surface area contributed by atoms with E-state index < -0.39 is 11.6 Å². The summed E-state index contributed by atoms with van der Waals surface area (Å²) < 4.78 is 0. The molecule has 1 aromatic carbocycles. The van der Waals surface area contributed by atoms with E-state index in [1.54, 1.807) is 18.7 Å². The summed E-state index contributed by atoms with van der Waals surface area (Å²) in [6.45, 7) is 4.74. The van der Waals surface area contributed by atoms with Gasteiger partial charge >= 0.3 is 6.03 Å². The minimum absolute atomic E-state index is 0.126. The average molecular weight is 374 g/mol. The number of piperidine rings is 1. The third-order valence-electron chi connectivity index (χ3n) is 4.78. The Morgan fingerprint density at radius 1 is 1.26 bits per heavy atom. The van der Waals surface area contributed by atoms with Crippen molar-refractivity contribution in [3.8, 4) is 0 Å². The number of hydrogen-bond acceptors (Lipinski definition) is 4. The van der Waals surface area contributed by atoms with Crippen LogP contribution in [0.3, 0.4) is 0 Å². The number of carbonyl (C=O) groups is 3. The van der Waals surface area contributed by atoms with E-state index in [0.717, 1.165) is 24.7 Å². The lowest BCUT2D eigenvalue weighted by atomic mass is 9.99. The molecule has 1 aliphatic heterocycles. The first kappa shape index (κ1) is 20.9. The van der Waals surface area contributed by atoms with Gasteiger partial charge < -0.3 is 26.1 Å². The number of aldehydes is 1. The van der Waals surface area contributed by atoms with Crippen LogP contribution < -0.4 is 16.4 Å². The lowest BCUT2D eigenvalue weighted by molar-refractivity contribution is -0.124. The summed E-state index contributed by atoms with van der Waals surface area (Å²) in [6, 6.07) is 8.69. The zero-order chi connectivity index (χ0) is 19.9. The van der Waals surface area contributed by atoms with Crippen molar-refractivity contribution in [2.24, 2.45) is 5.73 Å². The second-order valence-corrected chi connectivity index (χ2v) is 7.76. The van der Waals surface area contributed by atoms with Gasteiger partial charge in [0.1, 0.15) is 12.3 Å². The molecule has 2 rings (SSSR count). The molecule has 3 amide bonds.